The van der Waals surface area contributed by atoms with Crippen molar-refractivity contribution in [3.63, 3.8) is 0 Å². The summed E-state index contributed by atoms with van der Waals surface area (Å²) < 4.78 is 5.28. The number of ether oxygens (including phenoxy) is 1. The highest BCUT2D eigenvalue weighted by molar-refractivity contribution is 6.07. The Morgan fingerprint density at radius 1 is 1.20 bits per heavy atom. The third kappa shape index (κ3) is 3.68. The van der Waals surface area contributed by atoms with E-state index < -0.39 is 5.97 Å². The van der Waals surface area contributed by atoms with Crippen LogP contribution in [-0.2, 0) is 11.3 Å². The number of carbonyl (C=O) groups is 1. The smallest absolute Gasteiger partial charge is 0.341 e. The maximum atomic E-state index is 12.4. The first-order valence-electron chi connectivity index (χ1n) is 8.18. The Morgan fingerprint density at radius 2 is 2.08 bits per heavy atom. The topological polar surface area (TPSA) is 90.1 Å². The molecular weight excluding hydrogens is 316 g/mol. The number of para-hydroxylation sites is 1. The van der Waals surface area contributed by atoms with Gasteiger partial charge in [-0.25, -0.2) is 4.79 Å². The second-order valence-corrected chi connectivity index (χ2v) is 5.60. The maximum absolute atomic E-state index is 12.4. The normalized spacial score (nSPS) is 10.6. The summed E-state index contributed by atoms with van der Waals surface area (Å²) in [6, 6.07) is 11.2. The van der Waals surface area contributed by atoms with Gasteiger partial charge in [0.05, 0.1) is 35.7 Å². The highest BCUT2D eigenvalue weighted by Gasteiger charge is 2.17. The zero-order chi connectivity index (χ0) is 17.6. The molecule has 3 N–H and O–H groups in total. The average Bonchev–Trinajstić information content (AvgIpc) is 2.65. The number of hydrogen-bond donors (Lipinski definition) is 2. The standard InChI is InChI=1S/C19H20N4O2/c1-2-10-25-19(24)15-12-23-18-14(7-5-8-16(18)20)17(15)22-11-13-6-3-4-9-21-13/h3-9,12H,2,10-11,20H2,1H3,(H,22,23). The van der Waals surface area contributed by atoms with Gasteiger partial charge in [-0.3, -0.25) is 9.97 Å². The molecule has 1 aromatic carbocycles. The van der Waals surface area contributed by atoms with Crippen LogP contribution in [0.5, 0.6) is 0 Å². The van der Waals surface area contributed by atoms with Crippen molar-refractivity contribution in [2.24, 2.45) is 0 Å². The molecule has 2 aromatic heterocycles. The second-order valence-electron chi connectivity index (χ2n) is 5.60. The highest BCUT2D eigenvalue weighted by atomic mass is 16.5. The van der Waals surface area contributed by atoms with Gasteiger partial charge in [0.2, 0.25) is 0 Å². The first kappa shape index (κ1) is 16.7. The Bertz CT molecular complexity index is 881. The zero-order valence-corrected chi connectivity index (χ0v) is 14.0. The Balaban J connectivity index is 2.01. The van der Waals surface area contributed by atoms with Crippen LogP contribution in [0.15, 0.2) is 48.8 Å². The van der Waals surface area contributed by atoms with Crippen molar-refractivity contribution in [3.8, 4) is 0 Å². The molecule has 0 atom stereocenters. The molecule has 0 unspecified atom stereocenters. The van der Waals surface area contributed by atoms with Crippen LogP contribution in [0.3, 0.4) is 0 Å². The molecule has 6 heteroatoms. The number of nitrogens with one attached hydrogen (secondary N) is 1. The Hall–Kier alpha value is -3.15. The van der Waals surface area contributed by atoms with Crippen LogP contribution >= 0.6 is 0 Å². The number of aromatic nitrogens is 2. The fraction of sp³-hybridized carbons (Fsp3) is 0.211. The number of nitrogens with zero attached hydrogens (tertiary/aromatic N) is 2. The van der Waals surface area contributed by atoms with Crippen molar-refractivity contribution in [1.29, 1.82) is 0 Å². The van der Waals surface area contributed by atoms with Gasteiger partial charge in [0.1, 0.15) is 5.56 Å². The summed E-state index contributed by atoms with van der Waals surface area (Å²) in [7, 11) is 0. The molecule has 0 spiro atoms. The van der Waals surface area contributed by atoms with Gasteiger partial charge in [0.15, 0.2) is 0 Å². The van der Waals surface area contributed by atoms with Crippen molar-refractivity contribution >= 4 is 28.2 Å². The molecule has 0 aliphatic heterocycles. The van der Waals surface area contributed by atoms with E-state index in [4.69, 9.17) is 10.5 Å². The summed E-state index contributed by atoms with van der Waals surface area (Å²) in [4.78, 5) is 21.1. The maximum Gasteiger partial charge on any atom is 0.341 e. The summed E-state index contributed by atoms with van der Waals surface area (Å²) >= 11 is 0. The number of anilines is 2. The van der Waals surface area contributed by atoms with Gasteiger partial charge in [0, 0.05) is 17.8 Å². The highest BCUT2D eigenvalue weighted by Crippen LogP contribution is 2.30. The third-order valence-electron chi connectivity index (χ3n) is 3.76. The number of esters is 1. The van der Waals surface area contributed by atoms with E-state index in [1.807, 2.05) is 37.3 Å². The Morgan fingerprint density at radius 3 is 2.84 bits per heavy atom. The minimum absolute atomic E-state index is 0.369. The minimum atomic E-state index is -0.401. The van der Waals surface area contributed by atoms with Crippen molar-refractivity contribution in [2.75, 3.05) is 17.7 Å². The lowest BCUT2D eigenvalue weighted by molar-refractivity contribution is 0.0506. The predicted molar refractivity (Wildman–Crippen MR) is 98.3 cm³/mol. The van der Waals surface area contributed by atoms with Crippen molar-refractivity contribution < 1.29 is 9.53 Å². The van der Waals surface area contributed by atoms with Crippen LogP contribution in [0.4, 0.5) is 11.4 Å². The molecule has 0 saturated heterocycles. The van der Waals surface area contributed by atoms with Gasteiger partial charge in [-0.2, -0.15) is 0 Å². The number of fused-ring (bicyclic) bond motifs is 1. The van der Waals surface area contributed by atoms with Crippen LogP contribution in [0.25, 0.3) is 10.9 Å². The number of carbonyl (C=O) groups excluding carboxylic acids is 1. The van der Waals surface area contributed by atoms with Crippen LogP contribution in [-0.4, -0.2) is 22.5 Å². The molecule has 2 heterocycles. The van der Waals surface area contributed by atoms with E-state index >= 15 is 0 Å². The Kier molecular flexibility index (Phi) is 5.09. The van der Waals surface area contributed by atoms with Crippen LogP contribution in [0.2, 0.25) is 0 Å². The molecule has 0 bridgehead atoms. The van der Waals surface area contributed by atoms with E-state index in [2.05, 4.69) is 15.3 Å². The molecule has 0 aliphatic carbocycles. The lowest BCUT2D eigenvalue weighted by atomic mass is 10.1. The van der Waals surface area contributed by atoms with E-state index in [1.165, 1.54) is 6.20 Å². The van der Waals surface area contributed by atoms with E-state index in [9.17, 15) is 4.79 Å². The lowest BCUT2D eigenvalue weighted by Gasteiger charge is -2.14. The summed E-state index contributed by atoms with van der Waals surface area (Å²) in [6.07, 6.45) is 4.00. The molecule has 0 radical (unpaired) electrons. The second kappa shape index (κ2) is 7.61. The zero-order valence-electron chi connectivity index (χ0n) is 14.0. The fourth-order valence-electron chi connectivity index (χ4n) is 2.55. The molecule has 3 rings (SSSR count). The van der Waals surface area contributed by atoms with Crippen molar-refractivity contribution in [2.45, 2.75) is 19.9 Å². The van der Waals surface area contributed by atoms with Gasteiger partial charge in [-0.15, -0.1) is 0 Å². The number of rotatable bonds is 6. The predicted octanol–water partition coefficient (Wildman–Crippen LogP) is 3.39. The summed E-state index contributed by atoms with van der Waals surface area (Å²) in [5.74, 6) is -0.401. The van der Waals surface area contributed by atoms with Crippen molar-refractivity contribution in [3.05, 3.63) is 60.0 Å². The molecular formula is C19H20N4O2. The molecule has 0 saturated carbocycles. The molecule has 0 fully saturated rings. The largest absolute Gasteiger partial charge is 0.462 e. The quantitative estimate of drug-likeness (QED) is 0.530. The first-order valence-corrected chi connectivity index (χ1v) is 8.18. The van der Waals surface area contributed by atoms with Crippen molar-refractivity contribution in [1.82, 2.24) is 9.97 Å². The molecule has 128 valence electrons. The number of nitrogens with two attached hydrogens (primary N) is 1. The number of pyridine rings is 2. The number of benzene rings is 1. The minimum Gasteiger partial charge on any atom is -0.462 e. The van der Waals surface area contributed by atoms with Gasteiger partial charge in [-0.05, 0) is 24.6 Å². The number of hydrogen-bond acceptors (Lipinski definition) is 6. The van der Waals surface area contributed by atoms with E-state index in [1.54, 1.807) is 12.3 Å². The molecule has 0 amide bonds. The fourth-order valence-corrected chi connectivity index (χ4v) is 2.55. The molecule has 25 heavy (non-hydrogen) atoms. The van der Waals surface area contributed by atoms with E-state index in [-0.39, 0.29) is 0 Å². The van der Waals surface area contributed by atoms with E-state index in [0.29, 0.717) is 35.6 Å². The van der Waals surface area contributed by atoms with Gasteiger partial charge < -0.3 is 15.8 Å². The summed E-state index contributed by atoms with van der Waals surface area (Å²) in [5.41, 5.74) is 9.15. The molecule has 0 aliphatic rings. The SMILES string of the molecule is CCCOC(=O)c1cnc2c(N)cccc2c1NCc1ccccn1. The van der Waals surface area contributed by atoms with Crippen LogP contribution < -0.4 is 11.1 Å². The first-order chi connectivity index (χ1) is 12.2. The van der Waals surface area contributed by atoms with Crippen LogP contribution in [0, 0.1) is 0 Å². The van der Waals surface area contributed by atoms with Gasteiger partial charge >= 0.3 is 5.97 Å². The monoisotopic (exact) mass is 336 g/mol. The number of nitrogen functional groups attached to an aromatic ring is 1. The molecule has 6 nitrogen and oxygen atoms in total. The lowest BCUT2D eigenvalue weighted by Crippen LogP contribution is -2.12. The van der Waals surface area contributed by atoms with E-state index in [0.717, 1.165) is 17.5 Å². The van der Waals surface area contributed by atoms with Crippen LogP contribution in [0.1, 0.15) is 29.4 Å². The molecule has 3 aromatic rings. The summed E-state index contributed by atoms with van der Waals surface area (Å²) in [6.45, 7) is 2.79. The Labute approximate surface area is 146 Å². The van der Waals surface area contributed by atoms with Gasteiger partial charge in [0.25, 0.3) is 0 Å². The summed E-state index contributed by atoms with van der Waals surface area (Å²) in [5, 5.41) is 4.08. The average molecular weight is 336 g/mol. The van der Waals surface area contributed by atoms with Gasteiger partial charge in [-0.1, -0.05) is 25.1 Å². The third-order valence-corrected chi connectivity index (χ3v) is 3.76.